The fraction of sp³-hybridized carbons (Fsp3) is 1.00. The molecule has 0 amide bonds. The van der Waals surface area contributed by atoms with E-state index in [1.54, 1.807) is 0 Å². The van der Waals surface area contributed by atoms with Crippen molar-refractivity contribution in [3.05, 3.63) is 0 Å². The van der Waals surface area contributed by atoms with Gasteiger partial charge in [-0.3, -0.25) is 4.90 Å². The van der Waals surface area contributed by atoms with Crippen molar-refractivity contribution >= 4 is 11.8 Å². The fourth-order valence-electron chi connectivity index (χ4n) is 1.64. The minimum absolute atomic E-state index is 0.830. The summed E-state index contributed by atoms with van der Waals surface area (Å²) in [5, 5.41) is 3.33. The summed E-state index contributed by atoms with van der Waals surface area (Å²) in [7, 11) is 0. The maximum atomic E-state index is 3.33. The van der Waals surface area contributed by atoms with E-state index < -0.39 is 0 Å². The SMILES string of the molecule is CCSCCCN(CC)C1CNC1. The lowest BCUT2D eigenvalue weighted by molar-refractivity contribution is 0.153. The van der Waals surface area contributed by atoms with Gasteiger partial charge in [-0.15, -0.1) is 0 Å². The Morgan fingerprint density at radius 1 is 1.38 bits per heavy atom. The Bertz CT molecular complexity index is 126. The smallest absolute Gasteiger partial charge is 0.0345 e. The van der Waals surface area contributed by atoms with E-state index in [1.165, 1.54) is 44.1 Å². The molecule has 0 aromatic carbocycles. The molecule has 1 rings (SSSR count). The average Bonchev–Trinajstić information content (AvgIpc) is 2.07. The molecular formula is C10H22N2S. The molecule has 2 nitrogen and oxygen atoms in total. The van der Waals surface area contributed by atoms with E-state index in [4.69, 9.17) is 0 Å². The molecule has 0 atom stereocenters. The van der Waals surface area contributed by atoms with E-state index in [9.17, 15) is 0 Å². The molecule has 0 unspecified atom stereocenters. The van der Waals surface area contributed by atoms with Crippen LogP contribution < -0.4 is 5.32 Å². The third-order valence-corrected chi connectivity index (χ3v) is 3.61. The number of nitrogens with zero attached hydrogens (tertiary/aromatic N) is 1. The highest BCUT2D eigenvalue weighted by atomic mass is 32.2. The molecule has 13 heavy (non-hydrogen) atoms. The molecule has 78 valence electrons. The number of nitrogens with one attached hydrogen (secondary N) is 1. The molecule has 0 aromatic heterocycles. The third-order valence-electron chi connectivity index (χ3n) is 2.62. The van der Waals surface area contributed by atoms with E-state index in [1.807, 2.05) is 0 Å². The zero-order valence-corrected chi connectivity index (χ0v) is 9.70. The topological polar surface area (TPSA) is 15.3 Å². The van der Waals surface area contributed by atoms with E-state index in [0.29, 0.717) is 0 Å². The van der Waals surface area contributed by atoms with Gasteiger partial charge in [-0.1, -0.05) is 13.8 Å². The van der Waals surface area contributed by atoms with Crippen LogP contribution in [-0.2, 0) is 0 Å². The van der Waals surface area contributed by atoms with Crippen LogP contribution in [0, 0.1) is 0 Å². The number of likely N-dealkylation sites (N-methyl/N-ethyl adjacent to an activating group) is 1. The molecule has 1 fully saturated rings. The molecule has 3 heteroatoms. The summed E-state index contributed by atoms with van der Waals surface area (Å²) < 4.78 is 0. The van der Waals surface area contributed by atoms with Gasteiger partial charge in [-0.2, -0.15) is 11.8 Å². The van der Waals surface area contributed by atoms with Gasteiger partial charge in [-0.05, 0) is 31.0 Å². The van der Waals surface area contributed by atoms with Gasteiger partial charge >= 0.3 is 0 Å². The van der Waals surface area contributed by atoms with Crippen molar-refractivity contribution in [2.75, 3.05) is 37.7 Å². The second kappa shape index (κ2) is 6.68. The predicted octanol–water partition coefficient (Wildman–Crippen LogP) is 1.42. The first-order chi connectivity index (χ1) is 6.38. The van der Waals surface area contributed by atoms with Gasteiger partial charge in [0.15, 0.2) is 0 Å². The minimum atomic E-state index is 0.830. The molecule has 0 aromatic rings. The van der Waals surface area contributed by atoms with E-state index in [0.717, 1.165) is 6.04 Å². The van der Waals surface area contributed by atoms with Crippen LogP contribution in [0.25, 0.3) is 0 Å². The molecule has 0 bridgehead atoms. The summed E-state index contributed by atoms with van der Waals surface area (Å²) in [6, 6.07) is 0.830. The molecule has 1 aliphatic rings. The van der Waals surface area contributed by atoms with Crippen LogP contribution in [0.4, 0.5) is 0 Å². The van der Waals surface area contributed by atoms with Crippen LogP contribution in [0.5, 0.6) is 0 Å². The summed E-state index contributed by atoms with van der Waals surface area (Å²) in [6.07, 6.45) is 1.35. The molecule has 1 saturated heterocycles. The monoisotopic (exact) mass is 202 g/mol. The van der Waals surface area contributed by atoms with Crippen LogP contribution in [0.15, 0.2) is 0 Å². The molecule has 1 heterocycles. The summed E-state index contributed by atoms with van der Waals surface area (Å²) in [5.41, 5.74) is 0. The maximum absolute atomic E-state index is 3.33. The normalized spacial score (nSPS) is 17.8. The second-order valence-corrected chi connectivity index (χ2v) is 4.88. The van der Waals surface area contributed by atoms with Crippen LogP contribution in [-0.4, -0.2) is 48.6 Å². The Hall–Kier alpha value is 0.270. The molecule has 0 radical (unpaired) electrons. The van der Waals surface area contributed by atoms with Crippen molar-refractivity contribution in [1.82, 2.24) is 10.2 Å². The quantitative estimate of drug-likeness (QED) is 0.629. The minimum Gasteiger partial charge on any atom is -0.314 e. The number of hydrogen-bond donors (Lipinski definition) is 1. The van der Waals surface area contributed by atoms with E-state index in [-0.39, 0.29) is 0 Å². The molecule has 0 aliphatic carbocycles. The van der Waals surface area contributed by atoms with Crippen molar-refractivity contribution < 1.29 is 0 Å². The van der Waals surface area contributed by atoms with Crippen LogP contribution in [0.2, 0.25) is 0 Å². The van der Waals surface area contributed by atoms with Gasteiger partial charge in [-0.25, -0.2) is 0 Å². The summed E-state index contributed by atoms with van der Waals surface area (Å²) >= 11 is 2.06. The molecule has 1 N–H and O–H groups in total. The van der Waals surface area contributed by atoms with Crippen LogP contribution in [0.3, 0.4) is 0 Å². The van der Waals surface area contributed by atoms with Crippen LogP contribution in [0.1, 0.15) is 20.3 Å². The van der Waals surface area contributed by atoms with Gasteiger partial charge in [0.2, 0.25) is 0 Å². The van der Waals surface area contributed by atoms with Gasteiger partial charge in [0, 0.05) is 19.1 Å². The van der Waals surface area contributed by atoms with Crippen molar-refractivity contribution in [3.8, 4) is 0 Å². The highest BCUT2D eigenvalue weighted by Gasteiger charge is 2.22. The molecular weight excluding hydrogens is 180 g/mol. The first-order valence-corrected chi connectivity index (χ1v) is 6.56. The van der Waals surface area contributed by atoms with Crippen molar-refractivity contribution in [2.45, 2.75) is 26.3 Å². The van der Waals surface area contributed by atoms with Gasteiger partial charge in [0.1, 0.15) is 0 Å². The zero-order chi connectivity index (χ0) is 9.52. The van der Waals surface area contributed by atoms with Crippen molar-refractivity contribution in [3.63, 3.8) is 0 Å². The fourth-order valence-corrected chi connectivity index (χ4v) is 2.27. The molecule has 0 spiro atoms. The standard InChI is InChI=1S/C10H22N2S/c1-3-12(10-8-11-9-10)6-5-7-13-4-2/h10-11H,3-9H2,1-2H3. The number of hydrogen-bond acceptors (Lipinski definition) is 3. The summed E-state index contributed by atoms with van der Waals surface area (Å²) in [4.78, 5) is 2.60. The highest BCUT2D eigenvalue weighted by molar-refractivity contribution is 7.99. The summed E-state index contributed by atoms with van der Waals surface area (Å²) in [6.45, 7) is 9.41. The first-order valence-electron chi connectivity index (χ1n) is 5.41. The van der Waals surface area contributed by atoms with Crippen LogP contribution >= 0.6 is 11.8 Å². The second-order valence-electron chi connectivity index (χ2n) is 3.49. The Kier molecular flexibility index (Phi) is 5.83. The van der Waals surface area contributed by atoms with E-state index in [2.05, 4.69) is 35.8 Å². The zero-order valence-electron chi connectivity index (χ0n) is 8.88. The van der Waals surface area contributed by atoms with Gasteiger partial charge in [0.25, 0.3) is 0 Å². The van der Waals surface area contributed by atoms with Crippen molar-refractivity contribution in [2.24, 2.45) is 0 Å². The first kappa shape index (κ1) is 11.3. The Morgan fingerprint density at radius 3 is 2.62 bits per heavy atom. The Labute approximate surface area is 86.5 Å². The predicted molar refractivity (Wildman–Crippen MR) is 61.5 cm³/mol. The number of thioether (sulfide) groups is 1. The maximum Gasteiger partial charge on any atom is 0.0345 e. The molecule has 1 aliphatic heterocycles. The summed E-state index contributed by atoms with van der Waals surface area (Å²) in [5.74, 6) is 2.59. The number of rotatable bonds is 7. The highest BCUT2D eigenvalue weighted by Crippen LogP contribution is 2.07. The largest absolute Gasteiger partial charge is 0.314 e. The van der Waals surface area contributed by atoms with Gasteiger partial charge < -0.3 is 5.32 Å². The lowest BCUT2D eigenvalue weighted by Gasteiger charge is -2.37. The molecule has 0 saturated carbocycles. The van der Waals surface area contributed by atoms with Crippen molar-refractivity contribution in [1.29, 1.82) is 0 Å². The Morgan fingerprint density at radius 2 is 2.15 bits per heavy atom. The lowest BCUT2D eigenvalue weighted by Crippen LogP contribution is -2.57. The van der Waals surface area contributed by atoms with E-state index >= 15 is 0 Å². The lowest BCUT2D eigenvalue weighted by atomic mass is 10.1. The van der Waals surface area contributed by atoms with Gasteiger partial charge in [0.05, 0.1) is 0 Å². The third kappa shape index (κ3) is 3.88. The Balaban J connectivity index is 2.02. The average molecular weight is 202 g/mol.